The summed E-state index contributed by atoms with van der Waals surface area (Å²) in [5.74, 6) is -0.893. The van der Waals surface area contributed by atoms with Crippen molar-refractivity contribution in [2.24, 2.45) is 5.92 Å². The molecule has 1 aliphatic heterocycles. The van der Waals surface area contributed by atoms with Crippen LogP contribution < -0.4 is 0 Å². The van der Waals surface area contributed by atoms with E-state index >= 15 is 0 Å². The first kappa shape index (κ1) is 10.5. The lowest BCUT2D eigenvalue weighted by atomic mass is 9.86. The molecule has 0 aliphatic carbocycles. The molecule has 0 aromatic carbocycles. The fourth-order valence-electron chi connectivity index (χ4n) is 1.85. The Morgan fingerprint density at radius 3 is 2.69 bits per heavy atom. The normalized spacial score (nSPS) is 32.8. The van der Waals surface area contributed by atoms with Gasteiger partial charge in [0.25, 0.3) is 0 Å². The summed E-state index contributed by atoms with van der Waals surface area (Å²) in [6.45, 7) is 3.74. The summed E-state index contributed by atoms with van der Waals surface area (Å²) >= 11 is 0. The Balaban J connectivity index is 2.65. The van der Waals surface area contributed by atoms with Crippen molar-refractivity contribution in [2.75, 3.05) is 6.61 Å². The zero-order chi connectivity index (χ0) is 10.1. The molecular weight excluding hydrogens is 172 g/mol. The number of ether oxygens (including phenoxy) is 1. The Labute approximate surface area is 77.5 Å². The van der Waals surface area contributed by atoms with Gasteiger partial charge in [-0.05, 0) is 32.6 Å². The van der Waals surface area contributed by atoms with Gasteiger partial charge in [-0.25, -0.2) is 4.79 Å². The summed E-state index contributed by atoms with van der Waals surface area (Å²) in [6, 6.07) is 0. The highest BCUT2D eigenvalue weighted by molar-refractivity contribution is 5.72. The third kappa shape index (κ3) is 2.67. The van der Waals surface area contributed by atoms with Crippen molar-refractivity contribution in [1.82, 2.24) is 0 Å². The molecule has 1 rings (SSSR count). The van der Waals surface area contributed by atoms with Crippen molar-refractivity contribution < 1.29 is 19.7 Å². The van der Waals surface area contributed by atoms with Gasteiger partial charge >= 0.3 is 5.97 Å². The number of carboxylic acids is 1. The Bertz CT molecular complexity index is 200. The van der Waals surface area contributed by atoms with Gasteiger partial charge in [0.1, 0.15) is 0 Å². The van der Waals surface area contributed by atoms with Gasteiger partial charge < -0.3 is 14.9 Å². The number of carbonyl (C=O) groups is 1. The van der Waals surface area contributed by atoms with Gasteiger partial charge in [-0.15, -0.1) is 0 Å². The lowest BCUT2D eigenvalue weighted by molar-refractivity contribution is -0.176. The topological polar surface area (TPSA) is 66.8 Å². The molecule has 1 saturated heterocycles. The van der Waals surface area contributed by atoms with Crippen LogP contribution in [0.25, 0.3) is 0 Å². The zero-order valence-corrected chi connectivity index (χ0v) is 7.99. The van der Waals surface area contributed by atoms with Crippen LogP contribution in [0.2, 0.25) is 0 Å². The minimum atomic E-state index is -0.939. The van der Waals surface area contributed by atoms with Crippen molar-refractivity contribution in [1.29, 1.82) is 0 Å². The van der Waals surface area contributed by atoms with Crippen molar-refractivity contribution in [2.45, 2.75) is 38.4 Å². The van der Waals surface area contributed by atoms with Gasteiger partial charge in [-0.2, -0.15) is 0 Å². The molecule has 0 bridgehead atoms. The van der Waals surface area contributed by atoms with Crippen LogP contribution >= 0.6 is 0 Å². The van der Waals surface area contributed by atoms with E-state index in [1.165, 1.54) is 0 Å². The second-order valence-corrected chi connectivity index (χ2v) is 4.19. The number of carboxylic acid groups (broad SMARTS) is 1. The summed E-state index contributed by atoms with van der Waals surface area (Å²) < 4.78 is 5.36. The van der Waals surface area contributed by atoms with E-state index in [2.05, 4.69) is 0 Å². The molecular formula is C9H16O4. The molecule has 0 aromatic heterocycles. The Hall–Kier alpha value is -0.610. The van der Waals surface area contributed by atoms with Crippen LogP contribution in [0.4, 0.5) is 0 Å². The quantitative estimate of drug-likeness (QED) is 0.667. The highest BCUT2D eigenvalue weighted by Gasteiger charge is 2.37. The standard InChI is InChI=1S/C9H16O4/c1-9(2)4-6(5-10)3-7(13-9)8(11)12/h6-7,10H,3-5H2,1-2H3,(H,11,12). The lowest BCUT2D eigenvalue weighted by Crippen LogP contribution is -2.44. The van der Waals surface area contributed by atoms with E-state index in [0.29, 0.717) is 12.8 Å². The molecule has 2 N–H and O–H groups in total. The predicted octanol–water partition coefficient (Wildman–Crippen LogP) is 0.637. The maximum atomic E-state index is 10.7. The maximum Gasteiger partial charge on any atom is 0.332 e. The van der Waals surface area contributed by atoms with Crippen molar-refractivity contribution in [3.05, 3.63) is 0 Å². The van der Waals surface area contributed by atoms with Gasteiger partial charge in [-0.1, -0.05) is 0 Å². The number of aliphatic hydroxyl groups excluding tert-OH is 1. The molecule has 0 spiro atoms. The van der Waals surface area contributed by atoms with Gasteiger partial charge in [0.15, 0.2) is 6.10 Å². The van der Waals surface area contributed by atoms with Crippen LogP contribution in [-0.4, -0.2) is 34.5 Å². The highest BCUT2D eigenvalue weighted by atomic mass is 16.5. The van der Waals surface area contributed by atoms with E-state index in [-0.39, 0.29) is 12.5 Å². The molecule has 0 radical (unpaired) electrons. The summed E-state index contributed by atoms with van der Waals surface area (Å²) in [4.78, 5) is 10.7. The van der Waals surface area contributed by atoms with Crippen LogP contribution in [-0.2, 0) is 9.53 Å². The fraction of sp³-hybridized carbons (Fsp3) is 0.889. The number of rotatable bonds is 2. The van der Waals surface area contributed by atoms with Gasteiger partial charge in [-0.3, -0.25) is 0 Å². The molecule has 0 aromatic rings. The SMILES string of the molecule is CC1(C)CC(CO)CC(C(=O)O)O1. The second kappa shape index (κ2) is 3.64. The first-order chi connectivity index (χ1) is 5.94. The molecule has 1 aliphatic rings. The molecule has 1 heterocycles. The van der Waals surface area contributed by atoms with Crippen LogP contribution in [0.5, 0.6) is 0 Å². The van der Waals surface area contributed by atoms with Gasteiger partial charge in [0, 0.05) is 6.61 Å². The molecule has 13 heavy (non-hydrogen) atoms. The van der Waals surface area contributed by atoms with E-state index in [4.69, 9.17) is 14.9 Å². The summed E-state index contributed by atoms with van der Waals surface area (Å²) in [7, 11) is 0. The lowest BCUT2D eigenvalue weighted by Gasteiger charge is -2.38. The van der Waals surface area contributed by atoms with Crippen LogP contribution in [0.3, 0.4) is 0 Å². The highest BCUT2D eigenvalue weighted by Crippen LogP contribution is 2.32. The van der Waals surface area contributed by atoms with Crippen LogP contribution in [0.15, 0.2) is 0 Å². The van der Waals surface area contributed by atoms with E-state index in [0.717, 1.165) is 0 Å². The zero-order valence-electron chi connectivity index (χ0n) is 7.99. The smallest absolute Gasteiger partial charge is 0.332 e. The monoisotopic (exact) mass is 188 g/mol. The summed E-state index contributed by atoms with van der Waals surface area (Å²) in [5, 5.41) is 17.8. The summed E-state index contributed by atoms with van der Waals surface area (Å²) in [6.07, 6.45) is 0.364. The number of hydrogen-bond acceptors (Lipinski definition) is 3. The molecule has 2 atom stereocenters. The Morgan fingerprint density at radius 1 is 1.62 bits per heavy atom. The molecule has 0 amide bonds. The fourth-order valence-corrected chi connectivity index (χ4v) is 1.85. The van der Waals surface area contributed by atoms with Crippen LogP contribution in [0.1, 0.15) is 26.7 Å². The van der Waals surface area contributed by atoms with Gasteiger partial charge in [0.05, 0.1) is 5.60 Å². The Morgan fingerprint density at radius 2 is 2.23 bits per heavy atom. The molecule has 2 unspecified atom stereocenters. The number of aliphatic carboxylic acids is 1. The average Bonchev–Trinajstić information content (AvgIpc) is 2.01. The minimum Gasteiger partial charge on any atom is -0.479 e. The largest absolute Gasteiger partial charge is 0.479 e. The molecule has 4 nitrogen and oxygen atoms in total. The van der Waals surface area contributed by atoms with Crippen molar-refractivity contribution in [3.8, 4) is 0 Å². The van der Waals surface area contributed by atoms with Crippen LogP contribution in [0, 0.1) is 5.92 Å². The predicted molar refractivity (Wildman–Crippen MR) is 46.4 cm³/mol. The van der Waals surface area contributed by atoms with Crippen molar-refractivity contribution >= 4 is 5.97 Å². The molecule has 76 valence electrons. The molecule has 0 saturated carbocycles. The third-order valence-electron chi connectivity index (χ3n) is 2.32. The first-order valence-electron chi connectivity index (χ1n) is 4.46. The average molecular weight is 188 g/mol. The van der Waals surface area contributed by atoms with E-state index < -0.39 is 17.7 Å². The molecule has 4 heteroatoms. The first-order valence-corrected chi connectivity index (χ1v) is 4.46. The minimum absolute atomic E-state index is 0.0383. The van der Waals surface area contributed by atoms with E-state index in [1.807, 2.05) is 13.8 Å². The van der Waals surface area contributed by atoms with Crippen molar-refractivity contribution in [3.63, 3.8) is 0 Å². The maximum absolute atomic E-state index is 10.7. The second-order valence-electron chi connectivity index (χ2n) is 4.19. The molecule has 1 fully saturated rings. The third-order valence-corrected chi connectivity index (χ3v) is 2.32. The summed E-state index contributed by atoms with van der Waals surface area (Å²) in [5.41, 5.74) is -0.436. The Kier molecular flexibility index (Phi) is 2.93. The van der Waals surface area contributed by atoms with Gasteiger partial charge in [0.2, 0.25) is 0 Å². The number of aliphatic hydroxyl groups is 1. The van der Waals surface area contributed by atoms with E-state index in [9.17, 15) is 4.79 Å². The number of hydrogen-bond donors (Lipinski definition) is 2. The van der Waals surface area contributed by atoms with E-state index in [1.54, 1.807) is 0 Å².